The van der Waals surface area contributed by atoms with E-state index in [9.17, 15) is 4.79 Å². The first-order chi connectivity index (χ1) is 14.5. The summed E-state index contributed by atoms with van der Waals surface area (Å²) in [5.41, 5.74) is 4.75. The highest BCUT2D eigenvalue weighted by Crippen LogP contribution is 2.44. The molecule has 2 aliphatic rings. The van der Waals surface area contributed by atoms with Crippen LogP contribution in [0.5, 0.6) is 0 Å². The van der Waals surface area contributed by atoms with Gasteiger partial charge in [0.1, 0.15) is 0 Å². The van der Waals surface area contributed by atoms with Crippen molar-refractivity contribution in [2.24, 2.45) is 4.99 Å². The van der Waals surface area contributed by atoms with Gasteiger partial charge < -0.3 is 9.64 Å². The number of rotatable bonds is 4. The highest BCUT2D eigenvalue weighted by atomic mass is 79.9. The van der Waals surface area contributed by atoms with Crippen molar-refractivity contribution in [3.8, 4) is 0 Å². The first-order valence-corrected chi connectivity index (χ1v) is 11.5. The lowest BCUT2D eigenvalue weighted by atomic mass is 9.94. The Kier molecular flexibility index (Phi) is 6.16. The van der Waals surface area contributed by atoms with Crippen LogP contribution in [0.15, 0.2) is 74.2 Å². The molecule has 1 unspecified atom stereocenters. The SMILES string of the molecule is CCOC(=O)C1=C(C)N=C2S/C(=C\c3ccc(C)c(Br)c3)CN2C1c1ccccc1. The number of fused-ring (bicyclic) bond motifs is 1. The molecule has 1 saturated heterocycles. The van der Waals surface area contributed by atoms with E-state index in [1.165, 1.54) is 10.5 Å². The highest BCUT2D eigenvalue weighted by molar-refractivity contribution is 9.10. The molecule has 0 amide bonds. The molecule has 1 fully saturated rings. The van der Waals surface area contributed by atoms with E-state index in [2.05, 4.69) is 64.2 Å². The molecule has 0 spiro atoms. The quantitative estimate of drug-likeness (QED) is 0.494. The van der Waals surface area contributed by atoms with Crippen molar-refractivity contribution in [1.82, 2.24) is 4.90 Å². The molecular formula is C24H23BrN2O2S. The van der Waals surface area contributed by atoms with Crippen LogP contribution in [0.25, 0.3) is 6.08 Å². The summed E-state index contributed by atoms with van der Waals surface area (Å²) in [4.78, 5) is 21.0. The largest absolute Gasteiger partial charge is 0.463 e. The Morgan fingerprint density at radius 3 is 2.73 bits per heavy atom. The minimum Gasteiger partial charge on any atom is -0.463 e. The van der Waals surface area contributed by atoms with E-state index in [4.69, 9.17) is 9.73 Å². The minimum atomic E-state index is -0.295. The number of ether oxygens (including phenoxy) is 1. The molecule has 6 heteroatoms. The topological polar surface area (TPSA) is 41.9 Å². The molecule has 2 aromatic rings. The van der Waals surface area contributed by atoms with Gasteiger partial charge >= 0.3 is 5.97 Å². The van der Waals surface area contributed by atoms with Crippen LogP contribution in [0, 0.1) is 6.92 Å². The summed E-state index contributed by atoms with van der Waals surface area (Å²) in [6.07, 6.45) is 2.19. The molecule has 0 aromatic heterocycles. The van der Waals surface area contributed by atoms with E-state index < -0.39 is 0 Å². The normalized spacial score (nSPS) is 19.7. The van der Waals surface area contributed by atoms with Crippen molar-refractivity contribution in [2.45, 2.75) is 26.8 Å². The van der Waals surface area contributed by atoms with Gasteiger partial charge in [0.05, 0.1) is 30.5 Å². The second kappa shape index (κ2) is 8.82. The molecule has 0 N–H and O–H groups in total. The zero-order valence-corrected chi connectivity index (χ0v) is 19.6. The smallest absolute Gasteiger partial charge is 0.338 e. The maximum absolute atomic E-state index is 12.8. The van der Waals surface area contributed by atoms with E-state index in [0.717, 1.165) is 26.5 Å². The summed E-state index contributed by atoms with van der Waals surface area (Å²) in [5, 5.41) is 0.923. The second-order valence-electron chi connectivity index (χ2n) is 7.28. The number of hydrogen-bond acceptors (Lipinski definition) is 5. The predicted molar refractivity (Wildman–Crippen MR) is 127 cm³/mol. The third kappa shape index (κ3) is 4.12. The molecule has 0 bridgehead atoms. The maximum atomic E-state index is 12.8. The van der Waals surface area contributed by atoms with Crippen molar-refractivity contribution < 1.29 is 9.53 Å². The number of amidine groups is 1. The van der Waals surface area contributed by atoms with Crippen LogP contribution in [-0.2, 0) is 9.53 Å². The predicted octanol–water partition coefficient (Wildman–Crippen LogP) is 6.10. The number of aryl methyl sites for hydroxylation is 1. The Labute approximate surface area is 189 Å². The zero-order chi connectivity index (χ0) is 21.3. The molecule has 4 rings (SSSR count). The molecule has 0 saturated carbocycles. The molecule has 0 radical (unpaired) electrons. The van der Waals surface area contributed by atoms with Gasteiger partial charge in [0.15, 0.2) is 5.17 Å². The average molecular weight is 483 g/mol. The van der Waals surface area contributed by atoms with Crippen LogP contribution in [0.3, 0.4) is 0 Å². The van der Waals surface area contributed by atoms with Crippen molar-refractivity contribution in [3.05, 3.63) is 85.9 Å². The fourth-order valence-corrected chi connectivity index (χ4v) is 5.20. The fourth-order valence-electron chi connectivity index (χ4n) is 3.70. The monoisotopic (exact) mass is 482 g/mol. The van der Waals surface area contributed by atoms with Crippen molar-refractivity contribution >= 4 is 44.9 Å². The number of carbonyl (C=O) groups excluding carboxylic acids is 1. The van der Waals surface area contributed by atoms with Gasteiger partial charge in [-0.3, -0.25) is 0 Å². The first kappa shape index (κ1) is 20.9. The number of hydrogen-bond donors (Lipinski definition) is 0. The number of benzene rings is 2. The molecule has 154 valence electrons. The molecule has 2 aromatic carbocycles. The lowest BCUT2D eigenvalue weighted by Crippen LogP contribution is -2.36. The Hall–Kier alpha value is -2.31. The van der Waals surface area contributed by atoms with Crippen molar-refractivity contribution in [2.75, 3.05) is 13.2 Å². The third-order valence-corrected chi connectivity index (χ3v) is 7.04. The first-order valence-electron chi connectivity index (χ1n) is 9.90. The second-order valence-corrected chi connectivity index (χ2v) is 9.22. The molecule has 1 atom stereocenters. The van der Waals surface area contributed by atoms with Gasteiger partial charge in [-0.05, 0) is 49.6 Å². The van der Waals surface area contributed by atoms with Crippen LogP contribution >= 0.6 is 27.7 Å². The van der Waals surface area contributed by atoms with E-state index in [-0.39, 0.29) is 12.0 Å². The highest BCUT2D eigenvalue weighted by Gasteiger charge is 2.40. The van der Waals surface area contributed by atoms with E-state index in [1.54, 1.807) is 11.8 Å². The third-order valence-electron chi connectivity index (χ3n) is 5.17. The summed E-state index contributed by atoms with van der Waals surface area (Å²) in [6.45, 7) is 6.84. The van der Waals surface area contributed by atoms with Crippen LogP contribution in [0.2, 0.25) is 0 Å². The summed E-state index contributed by atoms with van der Waals surface area (Å²) in [6, 6.07) is 16.3. The summed E-state index contributed by atoms with van der Waals surface area (Å²) in [5.74, 6) is -0.295. The lowest BCUT2D eigenvalue weighted by molar-refractivity contribution is -0.139. The van der Waals surface area contributed by atoms with Crippen LogP contribution < -0.4 is 0 Å². The van der Waals surface area contributed by atoms with E-state index in [0.29, 0.717) is 18.7 Å². The van der Waals surface area contributed by atoms with Gasteiger partial charge in [-0.2, -0.15) is 0 Å². The number of carbonyl (C=O) groups is 1. The van der Waals surface area contributed by atoms with Crippen molar-refractivity contribution in [1.29, 1.82) is 0 Å². The number of aliphatic imine (C=N–C) groups is 1. The van der Waals surface area contributed by atoms with Gasteiger partial charge in [-0.15, -0.1) is 0 Å². The number of halogens is 1. The van der Waals surface area contributed by atoms with Gasteiger partial charge in [0.25, 0.3) is 0 Å². The number of esters is 1. The van der Waals surface area contributed by atoms with Crippen LogP contribution in [0.4, 0.5) is 0 Å². The van der Waals surface area contributed by atoms with Gasteiger partial charge in [-0.25, -0.2) is 9.79 Å². The van der Waals surface area contributed by atoms with E-state index in [1.807, 2.05) is 32.0 Å². The Morgan fingerprint density at radius 1 is 1.27 bits per heavy atom. The zero-order valence-electron chi connectivity index (χ0n) is 17.2. The maximum Gasteiger partial charge on any atom is 0.338 e. The van der Waals surface area contributed by atoms with Crippen LogP contribution in [0.1, 0.15) is 36.6 Å². The molecule has 0 aliphatic carbocycles. The minimum absolute atomic E-state index is 0.207. The molecule has 2 heterocycles. The Morgan fingerprint density at radius 2 is 2.03 bits per heavy atom. The molecule has 2 aliphatic heterocycles. The molecule has 4 nitrogen and oxygen atoms in total. The summed E-state index contributed by atoms with van der Waals surface area (Å²) < 4.78 is 6.48. The van der Waals surface area contributed by atoms with Crippen molar-refractivity contribution in [3.63, 3.8) is 0 Å². The number of thioether (sulfide) groups is 1. The summed E-state index contributed by atoms with van der Waals surface area (Å²) in [7, 11) is 0. The lowest BCUT2D eigenvalue weighted by Gasteiger charge is -2.34. The fraction of sp³-hybridized carbons (Fsp3) is 0.250. The Bertz CT molecular complexity index is 1080. The van der Waals surface area contributed by atoms with Gasteiger partial charge in [-0.1, -0.05) is 70.2 Å². The number of allylic oxidation sites excluding steroid dienone is 1. The van der Waals surface area contributed by atoms with E-state index >= 15 is 0 Å². The standard InChI is InChI=1S/C24H23BrN2O2S/c1-4-29-23(28)21-16(3)26-24-27(22(21)18-8-6-5-7-9-18)14-19(30-24)12-17-11-10-15(2)20(25)13-17/h5-13,22H,4,14H2,1-3H3/b19-12-. The summed E-state index contributed by atoms with van der Waals surface area (Å²) >= 11 is 5.28. The van der Waals surface area contributed by atoms with Gasteiger partial charge in [0.2, 0.25) is 0 Å². The molecular weight excluding hydrogens is 460 g/mol. The number of nitrogens with zero attached hydrogens (tertiary/aromatic N) is 2. The average Bonchev–Trinajstić information content (AvgIpc) is 3.12. The molecule has 30 heavy (non-hydrogen) atoms. The Balaban J connectivity index is 1.72. The van der Waals surface area contributed by atoms with Gasteiger partial charge in [0, 0.05) is 9.38 Å². The van der Waals surface area contributed by atoms with Crippen LogP contribution in [-0.4, -0.2) is 29.2 Å².